The second-order valence-corrected chi connectivity index (χ2v) is 15.2. The van der Waals surface area contributed by atoms with Crippen molar-refractivity contribution in [3.05, 3.63) is 151 Å². The van der Waals surface area contributed by atoms with E-state index in [1.54, 1.807) is 0 Å². The minimum absolute atomic E-state index is 0. The number of fused-ring (bicyclic) bond motifs is 4. The Morgan fingerprint density at radius 2 is 1.35 bits per heavy atom. The standard InChI is InChI=1S/C45H41N4O.Pt/c1-30-23-32(45(5,6)7)25-34(24-30)48-29-47(40-17-10-11-18-41(40)48)33-13-12-14-35(27-33)50-36-19-20-38-37-15-8-9-16-39(37)49(42(38)28-36)43-26-31(21-22-46-43)44(2,3)4;/h8-26,29H,1-7H3;/q-3;. The van der Waals surface area contributed by atoms with Crippen LogP contribution in [0.3, 0.4) is 0 Å². The maximum atomic E-state index is 6.52. The number of benzene rings is 5. The number of ether oxygens (including phenoxy) is 1. The van der Waals surface area contributed by atoms with Crippen LogP contribution >= 0.6 is 0 Å². The molecule has 5 aromatic carbocycles. The first-order valence-corrected chi connectivity index (χ1v) is 17.2. The Kier molecular flexibility index (Phi) is 8.84. The van der Waals surface area contributed by atoms with E-state index in [-0.39, 0.29) is 31.9 Å². The molecular formula is C45H41N4OPt-3. The first kappa shape index (κ1) is 34.6. The van der Waals surface area contributed by atoms with Crippen LogP contribution in [0.15, 0.2) is 115 Å². The van der Waals surface area contributed by atoms with E-state index in [1.165, 1.54) is 16.7 Å². The Hall–Kier alpha value is -4.86. The smallest absolute Gasteiger partial charge is 0.135 e. The monoisotopic (exact) mass is 848 g/mol. The minimum atomic E-state index is -0.00495. The van der Waals surface area contributed by atoms with Gasteiger partial charge in [0.15, 0.2) is 0 Å². The van der Waals surface area contributed by atoms with Gasteiger partial charge < -0.3 is 19.1 Å². The summed E-state index contributed by atoms with van der Waals surface area (Å²) in [5.41, 5.74) is 10.0. The molecule has 3 heterocycles. The topological polar surface area (TPSA) is 33.5 Å². The molecule has 0 spiro atoms. The third-order valence-corrected chi connectivity index (χ3v) is 9.47. The van der Waals surface area contributed by atoms with E-state index in [4.69, 9.17) is 9.72 Å². The summed E-state index contributed by atoms with van der Waals surface area (Å²) in [5.74, 6) is 2.09. The van der Waals surface area contributed by atoms with Crippen LogP contribution in [-0.2, 0) is 31.9 Å². The Morgan fingerprint density at radius 1 is 0.647 bits per heavy atom. The zero-order valence-corrected chi connectivity index (χ0v) is 32.3. The molecule has 0 saturated heterocycles. The van der Waals surface area contributed by atoms with Gasteiger partial charge in [-0.1, -0.05) is 83.5 Å². The number of rotatable bonds is 5. The zero-order chi connectivity index (χ0) is 34.8. The summed E-state index contributed by atoms with van der Waals surface area (Å²) >= 11 is 0. The number of pyridine rings is 1. The number of aryl methyl sites for hydroxylation is 1. The molecule has 0 fully saturated rings. The van der Waals surface area contributed by atoms with Crippen molar-refractivity contribution < 1.29 is 25.8 Å². The van der Waals surface area contributed by atoms with Gasteiger partial charge in [-0.05, 0) is 82.3 Å². The maximum absolute atomic E-state index is 6.52. The third-order valence-electron chi connectivity index (χ3n) is 9.47. The Bertz CT molecular complexity index is 2400. The van der Waals surface area contributed by atoms with Crippen molar-refractivity contribution in [1.29, 1.82) is 0 Å². The Balaban J connectivity index is 0.00000406. The van der Waals surface area contributed by atoms with Gasteiger partial charge >= 0.3 is 0 Å². The number of anilines is 4. The predicted octanol–water partition coefficient (Wildman–Crippen LogP) is 11.9. The fourth-order valence-electron chi connectivity index (χ4n) is 6.78. The molecule has 0 N–H and O–H groups in total. The molecule has 1 aliphatic heterocycles. The van der Waals surface area contributed by atoms with E-state index >= 15 is 0 Å². The molecule has 5 nitrogen and oxygen atoms in total. The van der Waals surface area contributed by atoms with Crippen LogP contribution in [0.1, 0.15) is 58.2 Å². The molecular weight excluding hydrogens is 808 g/mol. The van der Waals surface area contributed by atoms with E-state index in [1.807, 2.05) is 24.4 Å². The molecule has 260 valence electrons. The number of para-hydroxylation sites is 3. The summed E-state index contributed by atoms with van der Waals surface area (Å²) in [6.07, 6.45) is 1.90. The Morgan fingerprint density at radius 3 is 2.12 bits per heavy atom. The van der Waals surface area contributed by atoms with Gasteiger partial charge in [0.25, 0.3) is 0 Å². The van der Waals surface area contributed by atoms with Crippen LogP contribution in [-0.4, -0.2) is 9.55 Å². The van der Waals surface area contributed by atoms with E-state index in [0.29, 0.717) is 11.5 Å². The van der Waals surface area contributed by atoms with Crippen molar-refractivity contribution in [2.24, 2.45) is 0 Å². The van der Waals surface area contributed by atoms with Gasteiger partial charge in [0.2, 0.25) is 0 Å². The molecule has 8 rings (SSSR count). The average Bonchev–Trinajstić information content (AvgIpc) is 3.64. The molecule has 0 radical (unpaired) electrons. The van der Waals surface area contributed by atoms with E-state index in [2.05, 4.69) is 173 Å². The molecule has 2 aromatic heterocycles. The van der Waals surface area contributed by atoms with Gasteiger partial charge in [-0.25, -0.2) is 4.98 Å². The first-order chi connectivity index (χ1) is 23.9. The van der Waals surface area contributed by atoms with Gasteiger partial charge in [-0.2, -0.15) is 12.1 Å². The molecule has 0 aliphatic carbocycles. The maximum Gasteiger partial charge on any atom is 0.135 e. The van der Waals surface area contributed by atoms with Crippen LogP contribution in [0, 0.1) is 25.7 Å². The van der Waals surface area contributed by atoms with Crippen molar-refractivity contribution in [1.82, 2.24) is 9.55 Å². The summed E-state index contributed by atoms with van der Waals surface area (Å²) in [5, 5.41) is 2.25. The van der Waals surface area contributed by atoms with Crippen LogP contribution in [0.25, 0.3) is 27.6 Å². The second-order valence-electron chi connectivity index (χ2n) is 15.2. The summed E-state index contributed by atoms with van der Waals surface area (Å²) in [7, 11) is 0. The van der Waals surface area contributed by atoms with Crippen LogP contribution in [0.5, 0.6) is 11.5 Å². The summed E-state index contributed by atoms with van der Waals surface area (Å²) in [6.45, 7) is 17.8. The van der Waals surface area contributed by atoms with E-state index in [0.717, 1.165) is 50.4 Å². The van der Waals surface area contributed by atoms with Gasteiger partial charge in [0.1, 0.15) is 5.82 Å². The van der Waals surface area contributed by atoms with Crippen molar-refractivity contribution in [2.75, 3.05) is 9.80 Å². The first-order valence-electron chi connectivity index (χ1n) is 17.2. The van der Waals surface area contributed by atoms with Gasteiger partial charge in [-0.3, -0.25) is 0 Å². The molecule has 0 atom stereocenters. The second kappa shape index (κ2) is 13.0. The van der Waals surface area contributed by atoms with E-state index < -0.39 is 0 Å². The predicted molar refractivity (Wildman–Crippen MR) is 206 cm³/mol. The quantitative estimate of drug-likeness (QED) is 0.162. The summed E-state index contributed by atoms with van der Waals surface area (Å²) in [4.78, 5) is 9.26. The molecule has 0 saturated carbocycles. The van der Waals surface area contributed by atoms with Crippen molar-refractivity contribution in [2.45, 2.75) is 59.3 Å². The van der Waals surface area contributed by atoms with Crippen LogP contribution in [0.4, 0.5) is 22.7 Å². The van der Waals surface area contributed by atoms with Crippen molar-refractivity contribution >= 4 is 44.6 Å². The summed E-state index contributed by atoms with van der Waals surface area (Å²) in [6, 6.07) is 45.3. The summed E-state index contributed by atoms with van der Waals surface area (Å²) < 4.78 is 8.71. The van der Waals surface area contributed by atoms with Crippen LogP contribution in [0.2, 0.25) is 0 Å². The molecule has 0 amide bonds. The minimum Gasteiger partial charge on any atom is -0.509 e. The number of aromatic nitrogens is 2. The molecule has 1 aliphatic rings. The number of nitrogens with zero attached hydrogens (tertiary/aromatic N) is 4. The van der Waals surface area contributed by atoms with Crippen LogP contribution < -0.4 is 14.5 Å². The molecule has 6 heteroatoms. The normalized spacial score (nSPS) is 13.1. The molecule has 0 unspecified atom stereocenters. The Labute approximate surface area is 315 Å². The van der Waals surface area contributed by atoms with Crippen molar-refractivity contribution in [3.63, 3.8) is 0 Å². The van der Waals surface area contributed by atoms with Gasteiger partial charge in [-0.15, -0.1) is 48.1 Å². The van der Waals surface area contributed by atoms with Crippen molar-refractivity contribution in [3.8, 4) is 17.3 Å². The fourth-order valence-corrected chi connectivity index (χ4v) is 6.78. The SMILES string of the molecule is Cc1cc(N2[CH-]N(c3[c-]c(Oc4[c-]c5c(cc4)c4ccccc4n5-c4cc(C(C)(C)C)ccn4)ccc3)c3ccccc32)cc(C(C)(C)C)c1.[Pt]. The fraction of sp³-hybridized carbons (Fsp3) is 0.200. The number of hydrogen-bond donors (Lipinski definition) is 0. The average molecular weight is 849 g/mol. The van der Waals surface area contributed by atoms with Gasteiger partial charge in [0.05, 0.1) is 0 Å². The zero-order valence-electron chi connectivity index (χ0n) is 30.1. The number of hydrogen-bond acceptors (Lipinski definition) is 4. The molecule has 0 bridgehead atoms. The molecule has 7 aromatic rings. The third kappa shape index (κ3) is 6.45. The largest absolute Gasteiger partial charge is 0.509 e. The van der Waals surface area contributed by atoms with Gasteiger partial charge in [0, 0.05) is 61.3 Å². The van der Waals surface area contributed by atoms with E-state index in [9.17, 15) is 0 Å². The molecule has 51 heavy (non-hydrogen) atoms.